The topological polar surface area (TPSA) is 63.3 Å². The maximum absolute atomic E-state index is 13.0. The summed E-state index contributed by atoms with van der Waals surface area (Å²) in [5.74, 6) is -3.39. The highest BCUT2D eigenvalue weighted by Crippen LogP contribution is 2.20. The summed E-state index contributed by atoms with van der Waals surface area (Å²) in [7, 11) is 0. The molecule has 0 saturated carbocycles. The zero-order valence-electron chi connectivity index (χ0n) is 7.42. The van der Waals surface area contributed by atoms with Gasteiger partial charge in [-0.2, -0.15) is 0 Å². The van der Waals surface area contributed by atoms with Crippen molar-refractivity contribution in [1.82, 2.24) is 0 Å². The Hall–Kier alpha value is -1.49. The lowest BCUT2D eigenvalue weighted by Crippen LogP contribution is -2.14. The van der Waals surface area contributed by atoms with E-state index < -0.39 is 29.2 Å². The van der Waals surface area contributed by atoms with Crippen molar-refractivity contribution in [2.75, 3.05) is 0 Å². The molecular weight excluding hydrogens is 192 g/mol. The highest BCUT2D eigenvalue weighted by atomic mass is 19.1. The second-order valence-electron chi connectivity index (χ2n) is 2.95. The molecule has 1 rings (SSSR count). The van der Waals surface area contributed by atoms with Gasteiger partial charge in [0.2, 0.25) is 0 Å². The van der Waals surface area contributed by atoms with Gasteiger partial charge in [0.05, 0.1) is 0 Å². The van der Waals surface area contributed by atoms with Gasteiger partial charge < -0.3 is 10.8 Å². The van der Waals surface area contributed by atoms with E-state index in [4.69, 9.17) is 10.8 Å². The fourth-order valence-electron chi connectivity index (χ4n) is 1.18. The van der Waals surface area contributed by atoms with Crippen molar-refractivity contribution in [2.24, 2.45) is 5.73 Å². The van der Waals surface area contributed by atoms with E-state index >= 15 is 0 Å². The van der Waals surface area contributed by atoms with Gasteiger partial charge >= 0.3 is 5.97 Å². The van der Waals surface area contributed by atoms with Crippen LogP contribution in [-0.4, -0.2) is 11.1 Å². The molecule has 0 aliphatic heterocycles. The van der Waals surface area contributed by atoms with Crippen LogP contribution in [0.4, 0.5) is 8.78 Å². The quantitative estimate of drug-likeness (QED) is 0.765. The van der Waals surface area contributed by atoms with E-state index in [1.807, 2.05) is 0 Å². The summed E-state index contributed by atoms with van der Waals surface area (Å²) >= 11 is 0. The lowest BCUT2D eigenvalue weighted by Gasteiger charge is -2.10. The number of carbonyl (C=O) groups is 1. The minimum Gasteiger partial charge on any atom is -0.478 e. The number of hydrogen-bond acceptors (Lipinski definition) is 2. The summed E-state index contributed by atoms with van der Waals surface area (Å²) in [6.07, 6.45) is 0. The Labute approximate surface area is 79.2 Å². The third-order valence-electron chi connectivity index (χ3n) is 1.79. The van der Waals surface area contributed by atoms with E-state index in [1.54, 1.807) is 0 Å². The molecule has 3 N–H and O–H groups in total. The van der Waals surface area contributed by atoms with E-state index in [-0.39, 0.29) is 5.56 Å². The molecule has 1 aromatic rings. The highest BCUT2D eigenvalue weighted by molar-refractivity contribution is 5.89. The Kier molecular flexibility index (Phi) is 2.81. The molecule has 0 aliphatic rings. The van der Waals surface area contributed by atoms with Gasteiger partial charge in [-0.15, -0.1) is 0 Å². The molecule has 3 nitrogen and oxygen atoms in total. The molecule has 0 radical (unpaired) electrons. The second kappa shape index (κ2) is 3.71. The number of carboxylic acid groups (broad SMARTS) is 1. The molecule has 1 unspecified atom stereocenters. The Morgan fingerprint density at radius 2 is 2.07 bits per heavy atom. The smallest absolute Gasteiger partial charge is 0.339 e. The number of rotatable bonds is 2. The molecule has 0 heterocycles. The van der Waals surface area contributed by atoms with Gasteiger partial charge in [-0.25, -0.2) is 13.6 Å². The van der Waals surface area contributed by atoms with Gasteiger partial charge in [-0.3, -0.25) is 0 Å². The number of nitrogens with two attached hydrogens (primary N) is 1. The van der Waals surface area contributed by atoms with Crippen LogP contribution >= 0.6 is 0 Å². The average molecular weight is 201 g/mol. The molecule has 0 saturated heterocycles. The fourth-order valence-corrected chi connectivity index (χ4v) is 1.18. The Bertz CT molecular complexity index is 377. The number of benzene rings is 1. The van der Waals surface area contributed by atoms with Crippen LogP contribution in [0.3, 0.4) is 0 Å². The van der Waals surface area contributed by atoms with Gasteiger partial charge in [0, 0.05) is 12.1 Å². The van der Waals surface area contributed by atoms with E-state index in [0.29, 0.717) is 6.07 Å². The normalized spacial score (nSPS) is 12.6. The maximum atomic E-state index is 13.0. The zero-order valence-corrected chi connectivity index (χ0v) is 7.42. The monoisotopic (exact) mass is 201 g/mol. The minimum absolute atomic E-state index is 0.0463. The predicted molar refractivity (Wildman–Crippen MR) is 45.9 cm³/mol. The molecule has 1 aromatic carbocycles. The summed E-state index contributed by atoms with van der Waals surface area (Å²) in [4.78, 5) is 10.6. The average Bonchev–Trinajstić information content (AvgIpc) is 2.01. The summed E-state index contributed by atoms with van der Waals surface area (Å²) in [5, 5.41) is 8.67. The van der Waals surface area contributed by atoms with Crippen molar-refractivity contribution in [3.63, 3.8) is 0 Å². The molecule has 5 heteroatoms. The van der Waals surface area contributed by atoms with Gasteiger partial charge in [-0.1, -0.05) is 0 Å². The zero-order chi connectivity index (χ0) is 10.9. The minimum atomic E-state index is -1.45. The maximum Gasteiger partial charge on any atom is 0.339 e. The fraction of sp³-hybridized carbons (Fsp3) is 0.222. The van der Waals surface area contributed by atoms with Gasteiger partial charge in [-0.05, 0) is 18.6 Å². The predicted octanol–water partition coefficient (Wildman–Crippen LogP) is 1.68. The van der Waals surface area contributed by atoms with Crippen LogP contribution in [0.25, 0.3) is 0 Å². The van der Waals surface area contributed by atoms with E-state index in [0.717, 1.165) is 6.07 Å². The van der Waals surface area contributed by atoms with Crippen molar-refractivity contribution in [3.8, 4) is 0 Å². The van der Waals surface area contributed by atoms with Crippen LogP contribution in [0.15, 0.2) is 12.1 Å². The molecule has 1 atom stereocenters. The second-order valence-corrected chi connectivity index (χ2v) is 2.95. The largest absolute Gasteiger partial charge is 0.478 e. The van der Waals surface area contributed by atoms with Gasteiger partial charge in [0.1, 0.15) is 17.2 Å². The van der Waals surface area contributed by atoms with E-state index in [1.165, 1.54) is 6.92 Å². The third kappa shape index (κ3) is 1.88. The van der Waals surface area contributed by atoms with Crippen molar-refractivity contribution in [3.05, 3.63) is 34.9 Å². The Morgan fingerprint density at radius 3 is 2.50 bits per heavy atom. The van der Waals surface area contributed by atoms with Crippen molar-refractivity contribution < 1.29 is 18.7 Å². The molecule has 0 spiro atoms. The first-order chi connectivity index (χ1) is 6.43. The highest BCUT2D eigenvalue weighted by Gasteiger charge is 2.19. The lowest BCUT2D eigenvalue weighted by atomic mass is 10.0. The van der Waals surface area contributed by atoms with Crippen LogP contribution < -0.4 is 5.73 Å². The van der Waals surface area contributed by atoms with E-state index in [2.05, 4.69) is 0 Å². The standard InChI is InChI=1S/C9H9F2NO2/c1-4(12)6-2-5(10)3-7(11)8(6)9(13)14/h2-4H,12H2,1H3,(H,13,14). The first-order valence-electron chi connectivity index (χ1n) is 3.91. The van der Waals surface area contributed by atoms with Crippen LogP contribution in [0, 0.1) is 11.6 Å². The summed E-state index contributed by atoms with van der Waals surface area (Å²) in [5.41, 5.74) is 4.78. The molecule has 0 amide bonds. The van der Waals surface area contributed by atoms with Gasteiger partial charge in [0.15, 0.2) is 0 Å². The first kappa shape index (κ1) is 10.6. The summed E-state index contributed by atoms with van der Waals surface area (Å²) in [6.45, 7) is 1.46. The lowest BCUT2D eigenvalue weighted by molar-refractivity contribution is 0.0690. The van der Waals surface area contributed by atoms with Crippen molar-refractivity contribution >= 4 is 5.97 Å². The number of carboxylic acids is 1. The van der Waals surface area contributed by atoms with Crippen LogP contribution in [0.1, 0.15) is 28.9 Å². The summed E-state index contributed by atoms with van der Waals surface area (Å²) < 4.78 is 25.8. The van der Waals surface area contributed by atoms with Crippen LogP contribution in [-0.2, 0) is 0 Å². The van der Waals surface area contributed by atoms with Gasteiger partial charge in [0.25, 0.3) is 0 Å². The van der Waals surface area contributed by atoms with Crippen LogP contribution in [0.5, 0.6) is 0 Å². The molecule has 14 heavy (non-hydrogen) atoms. The Balaban J connectivity index is 3.44. The molecule has 0 bridgehead atoms. The third-order valence-corrected chi connectivity index (χ3v) is 1.79. The van der Waals surface area contributed by atoms with E-state index in [9.17, 15) is 13.6 Å². The van der Waals surface area contributed by atoms with Crippen LogP contribution in [0.2, 0.25) is 0 Å². The number of aromatic carboxylic acids is 1. The Morgan fingerprint density at radius 1 is 1.50 bits per heavy atom. The van der Waals surface area contributed by atoms with Crippen molar-refractivity contribution in [1.29, 1.82) is 0 Å². The molecule has 0 fully saturated rings. The SMILES string of the molecule is CC(N)c1cc(F)cc(F)c1C(=O)O. The molecule has 0 aliphatic carbocycles. The number of hydrogen-bond donors (Lipinski definition) is 2. The summed E-state index contributed by atoms with van der Waals surface area (Å²) in [6, 6.07) is 0.721. The number of halogens is 2. The molecule has 0 aromatic heterocycles. The molecular formula is C9H9F2NO2. The van der Waals surface area contributed by atoms with Crippen molar-refractivity contribution in [2.45, 2.75) is 13.0 Å². The molecule has 76 valence electrons. The first-order valence-corrected chi connectivity index (χ1v) is 3.91.